The van der Waals surface area contributed by atoms with Gasteiger partial charge in [-0.25, -0.2) is 4.98 Å². The van der Waals surface area contributed by atoms with Crippen molar-refractivity contribution in [2.75, 3.05) is 0 Å². The molecule has 1 aromatic heterocycles. The third-order valence-electron chi connectivity index (χ3n) is 6.44. The van der Waals surface area contributed by atoms with Gasteiger partial charge in [-0.15, -0.1) is 0 Å². The van der Waals surface area contributed by atoms with Crippen LogP contribution in [0.25, 0.3) is 0 Å². The molecular formula is C17H27N3. The van der Waals surface area contributed by atoms with Gasteiger partial charge in [0.25, 0.3) is 0 Å². The van der Waals surface area contributed by atoms with Gasteiger partial charge in [0.1, 0.15) is 0 Å². The van der Waals surface area contributed by atoms with Crippen molar-refractivity contribution in [1.82, 2.24) is 14.9 Å². The Kier molecular flexibility index (Phi) is 2.64. The summed E-state index contributed by atoms with van der Waals surface area (Å²) in [5.74, 6) is 0.915. The molecule has 3 aliphatic carbocycles. The van der Waals surface area contributed by atoms with Crippen LogP contribution in [0.15, 0.2) is 12.5 Å². The Labute approximate surface area is 122 Å². The van der Waals surface area contributed by atoms with Crippen molar-refractivity contribution < 1.29 is 0 Å². The number of nitrogens with one attached hydrogen (secondary N) is 1. The number of nitrogens with zero attached hydrogens (tertiary/aromatic N) is 2. The van der Waals surface area contributed by atoms with Gasteiger partial charge in [0.15, 0.2) is 0 Å². The highest BCUT2D eigenvalue weighted by Crippen LogP contribution is 2.62. The first-order valence-corrected chi connectivity index (χ1v) is 8.25. The fraction of sp³-hybridized carbons (Fsp3) is 0.824. The van der Waals surface area contributed by atoms with E-state index < -0.39 is 0 Å². The SMILES string of the molecule is CC12CCC(C1)C(C)(C)C2NCc1cncn1C1CC1. The Balaban J connectivity index is 1.50. The predicted octanol–water partition coefficient (Wildman–Crippen LogP) is 3.52. The molecule has 0 radical (unpaired) electrons. The molecule has 0 aliphatic heterocycles. The molecule has 1 N–H and O–H groups in total. The maximum atomic E-state index is 4.35. The predicted molar refractivity (Wildman–Crippen MR) is 80.4 cm³/mol. The number of imidazole rings is 1. The van der Waals surface area contributed by atoms with Gasteiger partial charge >= 0.3 is 0 Å². The number of hydrogen-bond acceptors (Lipinski definition) is 2. The van der Waals surface area contributed by atoms with Gasteiger partial charge < -0.3 is 9.88 Å². The first kappa shape index (κ1) is 12.9. The van der Waals surface area contributed by atoms with Crippen LogP contribution in [0.2, 0.25) is 0 Å². The van der Waals surface area contributed by atoms with Crippen molar-refractivity contribution in [2.45, 2.75) is 71.5 Å². The molecule has 1 aromatic rings. The molecular weight excluding hydrogens is 246 g/mol. The van der Waals surface area contributed by atoms with E-state index in [9.17, 15) is 0 Å². The fourth-order valence-electron chi connectivity index (χ4n) is 5.17. The third kappa shape index (κ3) is 1.78. The average Bonchev–Trinajstić information content (AvgIpc) is 2.92. The Morgan fingerprint density at radius 2 is 2.10 bits per heavy atom. The summed E-state index contributed by atoms with van der Waals surface area (Å²) in [5.41, 5.74) is 2.32. The average molecular weight is 273 g/mol. The van der Waals surface area contributed by atoms with E-state index in [1.807, 2.05) is 12.5 Å². The fourth-order valence-corrected chi connectivity index (χ4v) is 5.17. The highest BCUT2D eigenvalue weighted by molar-refractivity contribution is 5.13. The molecule has 1 heterocycles. The van der Waals surface area contributed by atoms with Crippen molar-refractivity contribution in [3.63, 3.8) is 0 Å². The van der Waals surface area contributed by atoms with E-state index in [-0.39, 0.29) is 0 Å². The standard InChI is InChI=1S/C17H27N3/c1-16(2)12-6-7-17(3,8-12)15(16)19-10-14-9-18-11-20(14)13-4-5-13/h9,11-13,15,19H,4-8,10H2,1-3H3. The number of fused-ring (bicyclic) bond motifs is 2. The van der Waals surface area contributed by atoms with Crippen LogP contribution in [0, 0.1) is 16.7 Å². The maximum Gasteiger partial charge on any atom is 0.0951 e. The minimum Gasteiger partial charge on any atom is -0.330 e. The summed E-state index contributed by atoms with van der Waals surface area (Å²) in [7, 11) is 0. The van der Waals surface area contributed by atoms with Crippen LogP contribution in [0.4, 0.5) is 0 Å². The molecule has 3 aliphatic rings. The van der Waals surface area contributed by atoms with Crippen molar-refractivity contribution in [3.05, 3.63) is 18.2 Å². The molecule has 2 bridgehead atoms. The van der Waals surface area contributed by atoms with Crippen molar-refractivity contribution >= 4 is 0 Å². The minimum absolute atomic E-state index is 0.442. The highest BCUT2D eigenvalue weighted by Gasteiger charge is 2.58. The summed E-state index contributed by atoms with van der Waals surface area (Å²) in [4.78, 5) is 4.35. The molecule has 110 valence electrons. The van der Waals surface area contributed by atoms with Crippen LogP contribution in [0.1, 0.15) is 64.6 Å². The summed E-state index contributed by atoms with van der Waals surface area (Å²) in [5, 5.41) is 3.91. The lowest BCUT2D eigenvalue weighted by molar-refractivity contribution is 0.107. The molecule has 20 heavy (non-hydrogen) atoms. The summed E-state index contributed by atoms with van der Waals surface area (Å²) in [6.07, 6.45) is 11.0. The Bertz CT molecular complexity index is 509. The normalized spacial score (nSPS) is 38.5. The zero-order valence-corrected chi connectivity index (χ0v) is 13.0. The van der Waals surface area contributed by atoms with Crippen LogP contribution >= 0.6 is 0 Å². The monoisotopic (exact) mass is 273 g/mol. The summed E-state index contributed by atoms with van der Waals surface area (Å²) < 4.78 is 2.38. The zero-order valence-electron chi connectivity index (χ0n) is 13.0. The van der Waals surface area contributed by atoms with Gasteiger partial charge in [0.2, 0.25) is 0 Å². The van der Waals surface area contributed by atoms with Gasteiger partial charge in [-0.05, 0) is 48.9 Å². The molecule has 3 heteroatoms. The van der Waals surface area contributed by atoms with Gasteiger partial charge in [-0.1, -0.05) is 20.8 Å². The third-order valence-corrected chi connectivity index (χ3v) is 6.44. The van der Waals surface area contributed by atoms with Crippen LogP contribution in [0.5, 0.6) is 0 Å². The second kappa shape index (κ2) is 4.09. The van der Waals surface area contributed by atoms with E-state index in [0.29, 0.717) is 16.9 Å². The number of aromatic nitrogens is 2. The summed E-state index contributed by atoms with van der Waals surface area (Å²) in [6.45, 7) is 8.42. The number of rotatable bonds is 4. The summed E-state index contributed by atoms with van der Waals surface area (Å²) in [6, 6.07) is 1.38. The molecule has 4 rings (SSSR count). The Morgan fingerprint density at radius 3 is 2.75 bits per heavy atom. The van der Waals surface area contributed by atoms with E-state index in [1.165, 1.54) is 37.8 Å². The summed E-state index contributed by atoms with van der Waals surface area (Å²) >= 11 is 0. The van der Waals surface area contributed by atoms with E-state index in [0.717, 1.165) is 18.5 Å². The van der Waals surface area contributed by atoms with Crippen molar-refractivity contribution in [3.8, 4) is 0 Å². The molecule has 3 fully saturated rings. The molecule has 3 unspecified atom stereocenters. The van der Waals surface area contributed by atoms with Crippen LogP contribution in [-0.2, 0) is 6.54 Å². The smallest absolute Gasteiger partial charge is 0.0951 e. The van der Waals surface area contributed by atoms with Crippen LogP contribution in [-0.4, -0.2) is 15.6 Å². The van der Waals surface area contributed by atoms with Gasteiger partial charge in [0, 0.05) is 24.8 Å². The van der Waals surface area contributed by atoms with Gasteiger partial charge in [-0.3, -0.25) is 0 Å². The molecule has 3 nitrogen and oxygen atoms in total. The molecule has 3 atom stereocenters. The van der Waals surface area contributed by atoms with E-state index >= 15 is 0 Å². The van der Waals surface area contributed by atoms with Gasteiger partial charge in [0.05, 0.1) is 12.0 Å². The van der Waals surface area contributed by atoms with E-state index in [2.05, 4.69) is 35.6 Å². The molecule has 0 amide bonds. The number of hydrogen-bond donors (Lipinski definition) is 1. The van der Waals surface area contributed by atoms with Gasteiger partial charge in [-0.2, -0.15) is 0 Å². The first-order valence-electron chi connectivity index (χ1n) is 8.25. The lowest BCUT2D eigenvalue weighted by Gasteiger charge is -2.43. The Hall–Kier alpha value is -0.830. The van der Waals surface area contributed by atoms with E-state index in [1.54, 1.807) is 0 Å². The van der Waals surface area contributed by atoms with Crippen LogP contribution in [0.3, 0.4) is 0 Å². The molecule has 0 saturated heterocycles. The van der Waals surface area contributed by atoms with Crippen molar-refractivity contribution in [1.29, 1.82) is 0 Å². The largest absolute Gasteiger partial charge is 0.330 e. The van der Waals surface area contributed by atoms with Crippen molar-refractivity contribution in [2.24, 2.45) is 16.7 Å². The quantitative estimate of drug-likeness (QED) is 0.909. The molecule has 3 saturated carbocycles. The topological polar surface area (TPSA) is 29.9 Å². The first-order chi connectivity index (χ1) is 9.51. The minimum atomic E-state index is 0.442. The molecule has 0 aromatic carbocycles. The second-order valence-electron chi connectivity index (χ2n) is 8.25. The highest BCUT2D eigenvalue weighted by atomic mass is 15.1. The lowest BCUT2D eigenvalue weighted by atomic mass is 9.68. The van der Waals surface area contributed by atoms with E-state index in [4.69, 9.17) is 0 Å². The molecule has 0 spiro atoms. The van der Waals surface area contributed by atoms with Crippen LogP contribution < -0.4 is 5.32 Å². The lowest BCUT2D eigenvalue weighted by Crippen LogP contribution is -2.50. The maximum absolute atomic E-state index is 4.35. The second-order valence-corrected chi connectivity index (χ2v) is 8.25. The zero-order chi connectivity index (χ0) is 14.0. The Morgan fingerprint density at radius 1 is 1.30 bits per heavy atom.